The maximum atomic E-state index is 5.77. The van der Waals surface area contributed by atoms with E-state index in [-0.39, 0.29) is 12.4 Å². The first kappa shape index (κ1) is 11.3. The largest absolute Gasteiger partial charge is 0.489 e. The molecular formula is C11H16ClNO. The lowest BCUT2D eigenvalue weighted by Gasteiger charge is -2.12. The van der Waals surface area contributed by atoms with Crippen molar-refractivity contribution in [1.82, 2.24) is 5.32 Å². The summed E-state index contributed by atoms with van der Waals surface area (Å²) in [5.74, 6) is 0.985. The normalized spacial score (nSPS) is 20.2. The molecule has 1 aliphatic heterocycles. The minimum atomic E-state index is 0. The number of rotatable bonds is 2. The Morgan fingerprint density at radius 3 is 2.57 bits per heavy atom. The highest BCUT2D eigenvalue weighted by atomic mass is 35.5. The van der Waals surface area contributed by atoms with E-state index < -0.39 is 0 Å². The summed E-state index contributed by atoms with van der Waals surface area (Å²) in [4.78, 5) is 0. The van der Waals surface area contributed by atoms with Gasteiger partial charge in [-0.2, -0.15) is 0 Å². The molecule has 1 aromatic carbocycles. The third-order valence-corrected chi connectivity index (χ3v) is 2.34. The number of hydrogen-bond acceptors (Lipinski definition) is 2. The summed E-state index contributed by atoms with van der Waals surface area (Å²) >= 11 is 0. The molecule has 0 amide bonds. The number of ether oxygens (including phenoxy) is 1. The second kappa shape index (κ2) is 5.23. The van der Waals surface area contributed by atoms with Gasteiger partial charge in [0.05, 0.1) is 0 Å². The topological polar surface area (TPSA) is 21.3 Å². The lowest BCUT2D eigenvalue weighted by molar-refractivity contribution is 0.223. The molecule has 0 aliphatic carbocycles. The zero-order chi connectivity index (χ0) is 9.10. The zero-order valence-corrected chi connectivity index (χ0v) is 9.14. The predicted octanol–water partition coefficient (Wildman–Crippen LogP) is 2.16. The van der Waals surface area contributed by atoms with Crippen molar-refractivity contribution in [2.45, 2.75) is 19.4 Å². The maximum Gasteiger partial charge on any atom is 0.119 e. The van der Waals surface area contributed by atoms with Crippen LogP contribution in [0.5, 0.6) is 5.75 Å². The fraction of sp³-hybridized carbons (Fsp3) is 0.455. The van der Waals surface area contributed by atoms with E-state index in [9.17, 15) is 0 Å². The van der Waals surface area contributed by atoms with Crippen molar-refractivity contribution in [3.05, 3.63) is 29.8 Å². The molecule has 1 saturated heterocycles. The van der Waals surface area contributed by atoms with Crippen LogP contribution in [0.4, 0.5) is 0 Å². The number of hydrogen-bond donors (Lipinski definition) is 1. The molecule has 2 nitrogen and oxygen atoms in total. The fourth-order valence-electron chi connectivity index (χ4n) is 1.54. The lowest BCUT2D eigenvalue weighted by atomic mass is 10.2. The zero-order valence-electron chi connectivity index (χ0n) is 8.32. The van der Waals surface area contributed by atoms with E-state index in [0.717, 1.165) is 25.3 Å². The van der Waals surface area contributed by atoms with E-state index in [1.807, 2.05) is 12.1 Å². The summed E-state index contributed by atoms with van der Waals surface area (Å²) in [6, 6.07) is 8.23. The minimum Gasteiger partial charge on any atom is -0.489 e. The Hall–Kier alpha value is -0.730. The van der Waals surface area contributed by atoms with Gasteiger partial charge in [-0.05, 0) is 32.0 Å². The third-order valence-electron chi connectivity index (χ3n) is 2.34. The average Bonchev–Trinajstić information content (AvgIpc) is 2.62. The van der Waals surface area contributed by atoms with E-state index >= 15 is 0 Å². The molecule has 3 heteroatoms. The molecule has 0 bridgehead atoms. The van der Waals surface area contributed by atoms with Crippen molar-refractivity contribution < 1.29 is 4.74 Å². The van der Waals surface area contributed by atoms with E-state index in [1.165, 1.54) is 5.56 Å². The molecule has 78 valence electrons. The van der Waals surface area contributed by atoms with Crippen LogP contribution in [-0.4, -0.2) is 19.2 Å². The van der Waals surface area contributed by atoms with Crippen molar-refractivity contribution in [3.63, 3.8) is 0 Å². The first-order valence-electron chi connectivity index (χ1n) is 4.78. The van der Waals surface area contributed by atoms with Crippen LogP contribution in [0, 0.1) is 6.92 Å². The van der Waals surface area contributed by atoms with Gasteiger partial charge in [0.15, 0.2) is 0 Å². The van der Waals surface area contributed by atoms with Crippen molar-refractivity contribution in [1.29, 1.82) is 0 Å². The lowest BCUT2D eigenvalue weighted by Crippen LogP contribution is -2.19. The first-order valence-corrected chi connectivity index (χ1v) is 4.78. The van der Waals surface area contributed by atoms with Crippen LogP contribution >= 0.6 is 12.4 Å². The van der Waals surface area contributed by atoms with Crippen LogP contribution < -0.4 is 10.1 Å². The first-order chi connectivity index (χ1) is 6.34. The Labute approximate surface area is 91.1 Å². The summed E-state index contributed by atoms with van der Waals surface area (Å²) < 4.78 is 5.77. The molecule has 1 aliphatic rings. The smallest absolute Gasteiger partial charge is 0.119 e. The average molecular weight is 214 g/mol. The van der Waals surface area contributed by atoms with Crippen LogP contribution in [0.15, 0.2) is 24.3 Å². The standard InChI is InChI=1S/C11H15NO.ClH/c1-9-2-4-10(5-3-9)13-11-6-7-12-8-11;/h2-5,11-12H,6-8H2,1H3;1H/t11-;/m1./s1. The van der Waals surface area contributed by atoms with Gasteiger partial charge < -0.3 is 10.1 Å². The highest BCUT2D eigenvalue weighted by Crippen LogP contribution is 2.15. The van der Waals surface area contributed by atoms with Gasteiger partial charge in [0.2, 0.25) is 0 Å². The van der Waals surface area contributed by atoms with Gasteiger partial charge in [-0.25, -0.2) is 0 Å². The van der Waals surface area contributed by atoms with Crippen LogP contribution in [0.3, 0.4) is 0 Å². The molecular weight excluding hydrogens is 198 g/mol. The molecule has 1 atom stereocenters. The Balaban J connectivity index is 0.000000980. The summed E-state index contributed by atoms with van der Waals surface area (Å²) in [5, 5.41) is 3.28. The fourth-order valence-corrected chi connectivity index (χ4v) is 1.54. The summed E-state index contributed by atoms with van der Waals surface area (Å²) in [6.07, 6.45) is 1.48. The molecule has 0 aromatic heterocycles. The van der Waals surface area contributed by atoms with Gasteiger partial charge in [0.25, 0.3) is 0 Å². The second-order valence-electron chi connectivity index (χ2n) is 3.55. The summed E-state index contributed by atoms with van der Waals surface area (Å²) in [6.45, 7) is 4.14. The molecule has 1 aromatic rings. The third kappa shape index (κ3) is 2.89. The van der Waals surface area contributed by atoms with E-state index in [1.54, 1.807) is 0 Å². The van der Waals surface area contributed by atoms with Gasteiger partial charge in [-0.1, -0.05) is 17.7 Å². The van der Waals surface area contributed by atoms with Crippen LogP contribution in [0.1, 0.15) is 12.0 Å². The molecule has 0 unspecified atom stereocenters. The van der Waals surface area contributed by atoms with Gasteiger partial charge in [-0.15, -0.1) is 12.4 Å². The monoisotopic (exact) mass is 213 g/mol. The number of halogens is 1. The second-order valence-corrected chi connectivity index (χ2v) is 3.55. The quantitative estimate of drug-likeness (QED) is 0.813. The summed E-state index contributed by atoms with van der Waals surface area (Å²) in [7, 11) is 0. The van der Waals surface area contributed by atoms with Crippen LogP contribution in [-0.2, 0) is 0 Å². The van der Waals surface area contributed by atoms with Crippen molar-refractivity contribution in [2.24, 2.45) is 0 Å². The van der Waals surface area contributed by atoms with Crippen molar-refractivity contribution in [3.8, 4) is 5.75 Å². The predicted molar refractivity (Wildman–Crippen MR) is 60.3 cm³/mol. The Morgan fingerprint density at radius 2 is 2.00 bits per heavy atom. The Morgan fingerprint density at radius 1 is 1.29 bits per heavy atom. The number of nitrogens with one attached hydrogen (secondary N) is 1. The molecule has 1 heterocycles. The Bertz CT molecular complexity index is 267. The SMILES string of the molecule is Cc1ccc(O[C@@H]2CCNC2)cc1.Cl. The molecule has 0 saturated carbocycles. The molecule has 1 fully saturated rings. The van der Waals surface area contributed by atoms with Crippen LogP contribution in [0.25, 0.3) is 0 Å². The van der Waals surface area contributed by atoms with Crippen LogP contribution in [0.2, 0.25) is 0 Å². The van der Waals surface area contributed by atoms with Crippen molar-refractivity contribution >= 4 is 12.4 Å². The molecule has 0 spiro atoms. The van der Waals surface area contributed by atoms with E-state index in [4.69, 9.17) is 4.74 Å². The van der Waals surface area contributed by atoms with Crippen molar-refractivity contribution in [2.75, 3.05) is 13.1 Å². The molecule has 2 rings (SSSR count). The van der Waals surface area contributed by atoms with Gasteiger partial charge in [-0.3, -0.25) is 0 Å². The highest BCUT2D eigenvalue weighted by molar-refractivity contribution is 5.85. The Kier molecular flexibility index (Phi) is 4.23. The minimum absolute atomic E-state index is 0. The number of benzene rings is 1. The molecule has 14 heavy (non-hydrogen) atoms. The molecule has 1 N–H and O–H groups in total. The molecule has 0 radical (unpaired) electrons. The number of aryl methyl sites for hydroxylation is 1. The van der Waals surface area contributed by atoms with Gasteiger partial charge >= 0.3 is 0 Å². The maximum absolute atomic E-state index is 5.77. The van der Waals surface area contributed by atoms with E-state index in [2.05, 4.69) is 24.4 Å². The highest BCUT2D eigenvalue weighted by Gasteiger charge is 2.15. The van der Waals surface area contributed by atoms with Gasteiger partial charge in [0.1, 0.15) is 11.9 Å². The summed E-state index contributed by atoms with van der Waals surface area (Å²) in [5.41, 5.74) is 1.27. The van der Waals surface area contributed by atoms with E-state index in [0.29, 0.717) is 6.10 Å². The van der Waals surface area contributed by atoms with Gasteiger partial charge in [0, 0.05) is 6.54 Å².